The number of benzene rings is 2. The Kier molecular flexibility index (Phi) is 3.58. The minimum atomic E-state index is 0.632. The summed E-state index contributed by atoms with van der Waals surface area (Å²) in [5, 5.41) is 0.632. The third-order valence-electron chi connectivity index (χ3n) is 3.97. The van der Waals surface area contributed by atoms with E-state index in [2.05, 4.69) is 36.1 Å². The van der Waals surface area contributed by atoms with Gasteiger partial charge in [-0.2, -0.15) is 0 Å². The topological polar surface area (TPSA) is 29.3 Å². The van der Waals surface area contributed by atoms with Crippen LogP contribution in [0.1, 0.15) is 24.0 Å². The van der Waals surface area contributed by atoms with Crippen LogP contribution < -0.4 is 10.6 Å². The molecule has 0 amide bonds. The summed E-state index contributed by atoms with van der Waals surface area (Å²) in [4.78, 5) is 2.38. The molecule has 0 fully saturated rings. The smallest absolute Gasteiger partial charge is 0.0656 e. The lowest BCUT2D eigenvalue weighted by Crippen LogP contribution is -2.19. The monoisotopic (exact) mass is 286 g/mol. The van der Waals surface area contributed by atoms with Crippen molar-refractivity contribution in [3.63, 3.8) is 0 Å². The van der Waals surface area contributed by atoms with Crippen molar-refractivity contribution in [3.05, 3.63) is 52.5 Å². The summed E-state index contributed by atoms with van der Waals surface area (Å²) in [6, 6.07) is 12.6. The van der Waals surface area contributed by atoms with Gasteiger partial charge in [-0.25, -0.2) is 0 Å². The number of rotatable bonds is 1. The lowest BCUT2D eigenvalue weighted by atomic mass is 10.1. The summed E-state index contributed by atoms with van der Waals surface area (Å²) in [5.74, 6) is 0. The predicted molar refractivity (Wildman–Crippen MR) is 87.0 cm³/mol. The first-order valence-electron chi connectivity index (χ1n) is 7.08. The molecule has 0 atom stereocenters. The average molecular weight is 287 g/mol. The molecule has 104 valence electrons. The van der Waals surface area contributed by atoms with E-state index >= 15 is 0 Å². The summed E-state index contributed by atoms with van der Waals surface area (Å²) in [6.45, 7) is 3.12. The minimum Gasteiger partial charge on any atom is -0.398 e. The molecule has 2 aromatic rings. The van der Waals surface area contributed by atoms with Crippen LogP contribution in [0.15, 0.2) is 36.4 Å². The first-order valence-corrected chi connectivity index (χ1v) is 7.45. The zero-order chi connectivity index (χ0) is 14.1. The fourth-order valence-corrected chi connectivity index (χ4v) is 3.08. The van der Waals surface area contributed by atoms with Crippen LogP contribution in [0.4, 0.5) is 17.1 Å². The zero-order valence-corrected chi connectivity index (χ0v) is 12.5. The van der Waals surface area contributed by atoms with E-state index in [1.165, 1.54) is 35.3 Å². The van der Waals surface area contributed by atoms with Crippen molar-refractivity contribution in [1.82, 2.24) is 0 Å². The van der Waals surface area contributed by atoms with Crippen molar-refractivity contribution < 1.29 is 0 Å². The molecule has 0 bridgehead atoms. The summed E-state index contributed by atoms with van der Waals surface area (Å²) in [6.07, 6.45) is 3.57. The van der Waals surface area contributed by atoms with Crippen LogP contribution in [0.25, 0.3) is 0 Å². The van der Waals surface area contributed by atoms with Gasteiger partial charge >= 0.3 is 0 Å². The molecular formula is C17H19ClN2. The van der Waals surface area contributed by atoms with Gasteiger partial charge in [-0.05, 0) is 55.5 Å². The van der Waals surface area contributed by atoms with Crippen molar-refractivity contribution in [3.8, 4) is 0 Å². The molecule has 1 aliphatic heterocycles. The van der Waals surface area contributed by atoms with Crippen LogP contribution >= 0.6 is 11.6 Å². The third kappa shape index (κ3) is 2.36. The summed E-state index contributed by atoms with van der Waals surface area (Å²) in [7, 11) is 0. The predicted octanol–water partition coefficient (Wildman–Crippen LogP) is 4.71. The Hall–Kier alpha value is -1.67. The molecule has 0 aromatic heterocycles. The second kappa shape index (κ2) is 5.37. The molecule has 0 saturated carbocycles. The van der Waals surface area contributed by atoms with E-state index in [1.807, 2.05) is 12.1 Å². The number of aryl methyl sites for hydroxylation is 2. The summed E-state index contributed by atoms with van der Waals surface area (Å²) in [5.41, 5.74) is 11.6. The molecule has 0 saturated heterocycles. The molecule has 0 spiro atoms. The molecule has 20 heavy (non-hydrogen) atoms. The third-order valence-corrected chi connectivity index (χ3v) is 4.29. The maximum absolute atomic E-state index is 6.22. The number of nitrogens with two attached hydrogens (primary N) is 1. The van der Waals surface area contributed by atoms with Gasteiger partial charge in [0.25, 0.3) is 0 Å². The van der Waals surface area contributed by atoms with E-state index in [-0.39, 0.29) is 0 Å². The Morgan fingerprint density at radius 2 is 1.90 bits per heavy atom. The van der Waals surface area contributed by atoms with E-state index in [0.717, 1.165) is 13.0 Å². The molecule has 1 heterocycles. The van der Waals surface area contributed by atoms with Crippen molar-refractivity contribution >= 4 is 28.7 Å². The molecule has 3 rings (SSSR count). The van der Waals surface area contributed by atoms with Crippen LogP contribution in [0.3, 0.4) is 0 Å². The number of fused-ring (bicyclic) bond motifs is 1. The first-order chi connectivity index (χ1) is 9.66. The standard InChI is InChI=1S/C17H19ClN2/c1-12-10-15(19)14(18)11-17(12)20-9-5-4-7-13-6-2-3-8-16(13)20/h2-3,6,8,10-11H,4-5,7,9,19H2,1H3. The van der Waals surface area contributed by atoms with Gasteiger partial charge in [0, 0.05) is 17.9 Å². The molecule has 1 aliphatic rings. The molecular weight excluding hydrogens is 268 g/mol. The van der Waals surface area contributed by atoms with Gasteiger partial charge in [-0.1, -0.05) is 29.8 Å². The van der Waals surface area contributed by atoms with Gasteiger partial charge in [0.15, 0.2) is 0 Å². The van der Waals surface area contributed by atoms with Crippen LogP contribution in [0, 0.1) is 6.92 Å². The lowest BCUT2D eigenvalue weighted by Gasteiger charge is -2.27. The maximum atomic E-state index is 6.22. The largest absolute Gasteiger partial charge is 0.398 e. The second-order valence-corrected chi connectivity index (χ2v) is 5.80. The molecule has 3 heteroatoms. The van der Waals surface area contributed by atoms with Gasteiger partial charge in [0.2, 0.25) is 0 Å². The highest BCUT2D eigenvalue weighted by Gasteiger charge is 2.18. The fraction of sp³-hybridized carbons (Fsp3) is 0.294. The number of nitrogen functional groups attached to an aromatic ring is 1. The first kappa shape index (κ1) is 13.3. The Morgan fingerprint density at radius 3 is 2.75 bits per heavy atom. The molecule has 2 nitrogen and oxygen atoms in total. The highest BCUT2D eigenvalue weighted by molar-refractivity contribution is 6.33. The molecule has 0 radical (unpaired) electrons. The lowest BCUT2D eigenvalue weighted by molar-refractivity contribution is 0.760. The SMILES string of the molecule is Cc1cc(N)c(Cl)cc1N1CCCCc2ccccc21. The van der Waals surface area contributed by atoms with E-state index in [9.17, 15) is 0 Å². The molecule has 2 aromatic carbocycles. The summed E-state index contributed by atoms with van der Waals surface area (Å²) >= 11 is 6.22. The summed E-state index contributed by atoms with van der Waals surface area (Å²) < 4.78 is 0. The number of hydrogen-bond acceptors (Lipinski definition) is 2. The van der Waals surface area contributed by atoms with Gasteiger partial charge in [-0.15, -0.1) is 0 Å². The van der Waals surface area contributed by atoms with E-state index < -0.39 is 0 Å². The van der Waals surface area contributed by atoms with Crippen molar-refractivity contribution in [2.75, 3.05) is 17.2 Å². The molecule has 0 aliphatic carbocycles. The van der Waals surface area contributed by atoms with Gasteiger partial charge in [0.05, 0.1) is 10.7 Å². The minimum absolute atomic E-state index is 0.632. The number of hydrogen-bond donors (Lipinski definition) is 1. The van der Waals surface area contributed by atoms with E-state index in [0.29, 0.717) is 10.7 Å². The fourth-order valence-electron chi connectivity index (χ4n) is 2.93. The zero-order valence-electron chi connectivity index (χ0n) is 11.7. The van der Waals surface area contributed by atoms with Crippen molar-refractivity contribution in [1.29, 1.82) is 0 Å². The van der Waals surface area contributed by atoms with Crippen LogP contribution in [-0.4, -0.2) is 6.54 Å². The normalized spacial score (nSPS) is 14.8. The Labute approximate surface area is 125 Å². The van der Waals surface area contributed by atoms with Gasteiger partial charge in [-0.3, -0.25) is 0 Å². The van der Waals surface area contributed by atoms with Crippen molar-refractivity contribution in [2.24, 2.45) is 0 Å². The number of para-hydroxylation sites is 1. The van der Waals surface area contributed by atoms with Crippen LogP contribution in [-0.2, 0) is 6.42 Å². The number of halogens is 1. The van der Waals surface area contributed by atoms with Crippen molar-refractivity contribution in [2.45, 2.75) is 26.2 Å². The highest BCUT2D eigenvalue weighted by atomic mass is 35.5. The molecule has 2 N–H and O–H groups in total. The highest BCUT2D eigenvalue weighted by Crippen LogP contribution is 2.37. The van der Waals surface area contributed by atoms with E-state index in [4.69, 9.17) is 17.3 Å². The van der Waals surface area contributed by atoms with Gasteiger partial charge < -0.3 is 10.6 Å². The van der Waals surface area contributed by atoms with E-state index in [1.54, 1.807) is 0 Å². The number of nitrogens with zero attached hydrogens (tertiary/aromatic N) is 1. The molecule has 0 unspecified atom stereocenters. The maximum Gasteiger partial charge on any atom is 0.0656 e. The number of anilines is 3. The Morgan fingerprint density at radius 1 is 1.10 bits per heavy atom. The van der Waals surface area contributed by atoms with Crippen LogP contribution in [0.2, 0.25) is 5.02 Å². The Balaban J connectivity index is 2.12. The van der Waals surface area contributed by atoms with Crippen LogP contribution in [0.5, 0.6) is 0 Å². The second-order valence-electron chi connectivity index (χ2n) is 5.40. The van der Waals surface area contributed by atoms with Gasteiger partial charge in [0.1, 0.15) is 0 Å². The quantitative estimate of drug-likeness (QED) is 0.770. The average Bonchev–Trinajstić information content (AvgIpc) is 2.65. The Bertz CT molecular complexity index is 637.